The molecule has 2 rings (SSSR count). The van der Waals surface area contributed by atoms with E-state index in [1.54, 1.807) is 4.90 Å². The summed E-state index contributed by atoms with van der Waals surface area (Å²) in [6, 6.07) is 5.55. The zero-order chi connectivity index (χ0) is 20.0. The molecule has 0 aromatic heterocycles. The van der Waals surface area contributed by atoms with E-state index in [0.717, 1.165) is 4.31 Å². The fourth-order valence-electron chi connectivity index (χ4n) is 2.71. The molecule has 148 valence electrons. The highest BCUT2D eigenvalue weighted by atomic mass is 32.2. The van der Waals surface area contributed by atoms with E-state index in [0.29, 0.717) is 13.1 Å². The van der Waals surface area contributed by atoms with Crippen LogP contribution >= 0.6 is 0 Å². The van der Waals surface area contributed by atoms with Gasteiger partial charge in [-0.2, -0.15) is 4.31 Å². The van der Waals surface area contributed by atoms with Gasteiger partial charge < -0.3 is 15.5 Å². The average molecular weight is 396 g/mol. The highest BCUT2D eigenvalue weighted by Crippen LogP contribution is 2.18. The maximum absolute atomic E-state index is 12.7. The van der Waals surface area contributed by atoms with Crippen molar-refractivity contribution in [2.75, 3.05) is 39.3 Å². The van der Waals surface area contributed by atoms with Crippen molar-refractivity contribution in [2.45, 2.75) is 18.7 Å². The predicted molar refractivity (Wildman–Crippen MR) is 98.5 cm³/mol. The Bertz CT molecular complexity index is 820. The molecule has 0 aliphatic carbocycles. The quantitative estimate of drug-likeness (QED) is 0.639. The summed E-state index contributed by atoms with van der Waals surface area (Å²) in [6.07, 6.45) is 0. The van der Waals surface area contributed by atoms with Gasteiger partial charge in [0.2, 0.25) is 21.8 Å². The van der Waals surface area contributed by atoms with E-state index in [2.05, 4.69) is 10.6 Å². The summed E-state index contributed by atoms with van der Waals surface area (Å²) in [6.45, 7) is 4.77. The van der Waals surface area contributed by atoms with Gasteiger partial charge >= 0.3 is 0 Å². The number of piperazine rings is 1. The number of sulfonamides is 1. The lowest BCUT2D eigenvalue weighted by Crippen LogP contribution is -2.49. The summed E-state index contributed by atoms with van der Waals surface area (Å²) in [5.74, 6) is -1.12. The Labute approximate surface area is 158 Å². The van der Waals surface area contributed by atoms with Crippen LogP contribution in [0.4, 0.5) is 0 Å². The zero-order valence-electron chi connectivity index (χ0n) is 15.4. The van der Waals surface area contributed by atoms with Gasteiger partial charge in [-0.05, 0) is 32.0 Å². The van der Waals surface area contributed by atoms with Gasteiger partial charge in [0.05, 0.1) is 18.0 Å². The first-order chi connectivity index (χ1) is 12.8. The Balaban J connectivity index is 2.11. The summed E-state index contributed by atoms with van der Waals surface area (Å²) in [4.78, 5) is 37.3. The van der Waals surface area contributed by atoms with Crippen LogP contribution in [0.2, 0.25) is 0 Å². The number of carbonyl (C=O) groups is 3. The molecule has 1 fully saturated rings. The van der Waals surface area contributed by atoms with Crippen LogP contribution < -0.4 is 10.6 Å². The van der Waals surface area contributed by atoms with Gasteiger partial charge in [0.1, 0.15) is 0 Å². The standard InChI is InChI=1S/C17H24N4O5S/c1-3-20(4-2)16(23)11-19-17(24)13-6-5-7-14(10-13)27(25,26)21-9-8-18-15(22)12-21/h5-7,10H,3-4,8-9,11-12H2,1-2H3,(H,18,22)(H,19,24). The van der Waals surface area contributed by atoms with Crippen LogP contribution in [0.25, 0.3) is 0 Å². The van der Waals surface area contributed by atoms with E-state index >= 15 is 0 Å². The molecule has 0 atom stereocenters. The molecule has 10 heteroatoms. The molecule has 0 radical (unpaired) electrons. The summed E-state index contributed by atoms with van der Waals surface area (Å²) >= 11 is 0. The predicted octanol–water partition coefficient (Wildman–Crippen LogP) is -0.595. The fourth-order valence-corrected chi connectivity index (χ4v) is 4.16. The van der Waals surface area contributed by atoms with E-state index in [-0.39, 0.29) is 48.5 Å². The molecule has 1 aliphatic rings. The van der Waals surface area contributed by atoms with Crippen molar-refractivity contribution in [2.24, 2.45) is 0 Å². The number of rotatable bonds is 7. The fraction of sp³-hybridized carbons (Fsp3) is 0.471. The molecule has 0 spiro atoms. The van der Waals surface area contributed by atoms with Gasteiger partial charge in [0.25, 0.3) is 5.91 Å². The van der Waals surface area contributed by atoms with Crippen LogP contribution in [0.5, 0.6) is 0 Å². The second kappa shape index (κ2) is 8.96. The lowest BCUT2D eigenvalue weighted by Gasteiger charge is -2.26. The Morgan fingerprint density at radius 1 is 1.26 bits per heavy atom. The summed E-state index contributed by atoms with van der Waals surface area (Å²) in [5.41, 5.74) is 0.130. The molecule has 1 aliphatic heterocycles. The first-order valence-electron chi connectivity index (χ1n) is 8.72. The summed E-state index contributed by atoms with van der Waals surface area (Å²) in [7, 11) is -3.89. The molecule has 1 aromatic carbocycles. The number of likely N-dealkylation sites (N-methyl/N-ethyl adjacent to an activating group) is 1. The molecule has 27 heavy (non-hydrogen) atoms. The smallest absolute Gasteiger partial charge is 0.251 e. The van der Waals surface area contributed by atoms with Crippen LogP contribution in [-0.2, 0) is 19.6 Å². The van der Waals surface area contributed by atoms with Crippen molar-refractivity contribution in [1.82, 2.24) is 19.8 Å². The number of carbonyl (C=O) groups excluding carboxylic acids is 3. The normalized spacial score (nSPS) is 15.1. The molecule has 0 saturated carbocycles. The third kappa shape index (κ3) is 5.04. The monoisotopic (exact) mass is 396 g/mol. The van der Waals surface area contributed by atoms with E-state index < -0.39 is 15.9 Å². The van der Waals surface area contributed by atoms with Crippen molar-refractivity contribution in [1.29, 1.82) is 0 Å². The molecule has 1 saturated heterocycles. The van der Waals surface area contributed by atoms with Gasteiger partial charge in [-0.25, -0.2) is 8.42 Å². The first-order valence-corrected chi connectivity index (χ1v) is 10.2. The highest BCUT2D eigenvalue weighted by molar-refractivity contribution is 7.89. The van der Waals surface area contributed by atoms with E-state index in [4.69, 9.17) is 0 Å². The topological polar surface area (TPSA) is 116 Å². The van der Waals surface area contributed by atoms with Crippen LogP contribution in [0.3, 0.4) is 0 Å². The van der Waals surface area contributed by atoms with E-state index in [1.807, 2.05) is 13.8 Å². The number of nitrogens with one attached hydrogen (secondary N) is 2. The second-order valence-electron chi connectivity index (χ2n) is 5.97. The molecule has 3 amide bonds. The van der Waals surface area contributed by atoms with E-state index in [1.165, 1.54) is 24.3 Å². The third-order valence-electron chi connectivity index (χ3n) is 4.25. The minimum Gasteiger partial charge on any atom is -0.354 e. The number of hydrogen-bond acceptors (Lipinski definition) is 5. The van der Waals surface area contributed by atoms with Gasteiger partial charge in [-0.3, -0.25) is 14.4 Å². The van der Waals surface area contributed by atoms with Crippen LogP contribution in [0, 0.1) is 0 Å². The Morgan fingerprint density at radius 3 is 2.59 bits per heavy atom. The Morgan fingerprint density at radius 2 is 1.96 bits per heavy atom. The minimum atomic E-state index is -3.89. The molecule has 1 heterocycles. The summed E-state index contributed by atoms with van der Waals surface area (Å²) < 4.78 is 26.5. The SMILES string of the molecule is CCN(CC)C(=O)CNC(=O)c1cccc(S(=O)(=O)N2CCNC(=O)C2)c1. The molecule has 0 unspecified atom stereocenters. The largest absolute Gasteiger partial charge is 0.354 e. The highest BCUT2D eigenvalue weighted by Gasteiger charge is 2.29. The van der Waals surface area contributed by atoms with Crippen molar-refractivity contribution in [3.8, 4) is 0 Å². The Kier molecular flexibility index (Phi) is 6.92. The molecular formula is C17H24N4O5S. The lowest BCUT2D eigenvalue weighted by atomic mass is 10.2. The Hall–Kier alpha value is -2.46. The average Bonchev–Trinajstić information content (AvgIpc) is 2.67. The number of hydrogen-bond donors (Lipinski definition) is 2. The number of amides is 3. The number of nitrogens with zero attached hydrogens (tertiary/aromatic N) is 2. The first kappa shape index (κ1) is 20.8. The maximum atomic E-state index is 12.7. The second-order valence-corrected chi connectivity index (χ2v) is 7.90. The van der Waals surface area contributed by atoms with Crippen LogP contribution in [0.1, 0.15) is 24.2 Å². The van der Waals surface area contributed by atoms with Gasteiger partial charge in [0, 0.05) is 31.7 Å². The van der Waals surface area contributed by atoms with Crippen LogP contribution in [0.15, 0.2) is 29.2 Å². The van der Waals surface area contributed by atoms with Crippen molar-refractivity contribution in [3.63, 3.8) is 0 Å². The maximum Gasteiger partial charge on any atom is 0.251 e. The zero-order valence-corrected chi connectivity index (χ0v) is 16.2. The molecule has 0 bridgehead atoms. The molecule has 2 N–H and O–H groups in total. The van der Waals surface area contributed by atoms with Crippen molar-refractivity contribution < 1.29 is 22.8 Å². The van der Waals surface area contributed by atoms with Gasteiger partial charge in [-0.15, -0.1) is 0 Å². The lowest BCUT2D eigenvalue weighted by molar-refractivity contribution is -0.129. The van der Waals surface area contributed by atoms with Gasteiger partial charge in [-0.1, -0.05) is 6.07 Å². The minimum absolute atomic E-state index is 0.0695. The van der Waals surface area contributed by atoms with Crippen LogP contribution in [-0.4, -0.2) is 74.6 Å². The number of benzene rings is 1. The van der Waals surface area contributed by atoms with Gasteiger partial charge in [0.15, 0.2) is 0 Å². The molecule has 1 aromatic rings. The summed E-state index contributed by atoms with van der Waals surface area (Å²) in [5, 5.41) is 5.08. The third-order valence-corrected chi connectivity index (χ3v) is 6.09. The van der Waals surface area contributed by atoms with Crippen molar-refractivity contribution in [3.05, 3.63) is 29.8 Å². The molecule has 9 nitrogen and oxygen atoms in total. The van der Waals surface area contributed by atoms with Crippen molar-refractivity contribution >= 4 is 27.7 Å². The molecular weight excluding hydrogens is 372 g/mol. The van der Waals surface area contributed by atoms with E-state index in [9.17, 15) is 22.8 Å².